The number of fused-ring (bicyclic) bond motifs is 2. The van der Waals surface area contributed by atoms with Crippen LogP contribution in [0.3, 0.4) is 0 Å². The van der Waals surface area contributed by atoms with Crippen molar-refractivity contribution >= 4 is 64.9 Å². The van der Waals surface area contributed by atoms with E-state index < -0.39 is 90.3 Å². The van der Waals surface area contributed by atoms with Crippen LogP contribution in [0.15, 0.2) is 43.0 Å². The average molecular weight is 795 g/mol. The number of thiol groups is 1. The number of benzene rings is 1. The second-order valence-corrected chi connectivity index (χ2v) is 14.9. The van der Waals surface area contributed by atoms with Gasteiger partial charge in [-0.3, -0.25) is 33.6 Å². The maximum atomic E-state index is 14.3. The summed E-state index contributed by atoms with van der Waals surface area (Å²) < 4.78 is 0. The maximum Gasteiger partial charge on any atom is 0.245 e. The van der Waals surface area contributed by atoms with Crippen molar-refractivity contribution < 1.29 is 38.7 Å². The number of hydrogen-bond acceptors (Lipinski definition) is 10. The lowest BCUT2D eigenvalue weighted by molar-refractivity contribution is -0.143. The van der Waals surface area contributed by atoms with Gasteiger partial charge in [0.15, 0.2) is 0 Å². The molecule has 2 fully saturated rings. The molecular weight excluding hydrogens is 745 g/mol. The summed E-state index contributed by atoms with van der Waals surface area (Å²) in [6.07, 6.45) is 5.57. The minimum Gasteiger partial charge on any atom is -0.394 e. The molecule has 1 aromatic carbocycles. The summed E-state index contributed by atoms with van der Waals surface area (Å²) in [6, 6.07) is -1.18. The molecule has 18 nitrogen and oxygen atoms in total. The van der Waals surface area contributed by atoms with Crippen molar-refractivity contribution in [2.45, 2.75) is 95.2 Å². The molecule has 0 radical (unpaired) electrons. The lowest BCUT2D eigenvalue weighted by Gasteiger charge is -2.31. The largest absolute Gasteiger partial charge is 0.394 e. The highest BCUT2D eigenvalue weighted by Gasteiger charge is 2.40. The van der Waals surface area contributed by atoms with E-state index in [1.54, 1.807) is 6.20 Å². The molecule has 2 aliphatic heterocycles. The standard InChI is InChI=1S/C37H50N10O8S/c1-19(2)11-27-37(55)47-10-6-9-30(47)36(54)43-25(12-21-14-39-24-8-5-4-7-23(21)24)32(50)41-20(3)31(49)45-28(16-48)34(52)46-29(17-56)35(53)42-26(33(51)44-27)13-22-15-38-18-40-22/h4-5,7-8,14-15,18-20,25-30,39,48,56H,6,9-13,16-17H2,1-3H3,(H,38,40)(H,41,50)(H,42,53)(H,43,54)(H,44,51)(H,45,49)(H,46,52)/t20-,25-,26-,27+,28-,29-,30-/m0/s1. The Hall–Kier alpha value is -5.43. The van der Waals surface area contributed by atoms with Gasteiger partial charge in [-0.05, 0) is 43.7 Å². The van der Waals surface area contributed by atoms with Crippen molar-refractivity contribution in [1.29, 1.82) is 0 Å². The number of aliphatic hydroxyl groups excluding tert-OH is 1. The number of carbonyl (C=O) groups is 7. The Morgan fingerprint density at radius 1 is 0.786 bits per heavy atom. The Balaban J connectivity index is 1.50. The van der Waals surface area contributed by atoms with Crippen LogP contribution in [0, 0.1) is 5.92 Å². The molecule has 302 valence electrons. The first kappa shape index (κ1) is 41.7. The molecule has 0 aliphatic carbocycles. The van der Waals surface area contributed by atoms with E-state index in [1.807, 2.05) is 38.1 Å². The number of para-hydroxylation sites is 1. The topological polar surface area (TPSA) is 260 Å². The number of imidazole rings is 1. The van der Waals surface area contributed by atoms with Gasteiger partial charge in [-0.25, -0.2) is 4.98 Å². The van der Waals surface area contributed by atoms with Crippen LogP contribution in [0.5, 0.6) is 0 Å². The number of hydrogen-bond donors (Lipinski definition) is 10. The second kappa shape index (κ2) is 18.9. The van der Waals surface area contributed by atoms with Crippen LogP contribution >= 0.6 is 12.6 Å². The maximum absolute atomic E-state index is 14.3. The molecular formula is C37H50N10O8S. The molecule has 0 saturated carbocycles. The van der Waals surface area contributed by atoms with E-state index in [4.69, 9.17) is 0 Å². The second-order valence-electron chi connectivity index (χ2n) is 14.6. The summed E-state index contributed by atoms with van der Waals surface area (Å²) in [5.41, 5.74) is 2.02. The number of aromatic amines is 2. The molecule has 7 amide bonds. The quantitative estimate of drug-likeness (QED) is 0.120. The zero-order valence-corrected chi connectivity index (χ0v) is 32.4. The van der Waals surface area contributed by atoms with Crippen LogP contribution in [0.2, 0.25) is 0 Å². The van der Waals surface area contributed by atoms with E-state index in [9.17, 15) is 38.7 Å². The van der Waals surface area contributed by atoms with Crippen molar-refractivity contribution in [3.8, 4) is 0 Å². The SMILES string of the molecule is CC(C)C[C@H]1NC(=O)[C@H](Cc2cnc[nH]2)NC(=O)[C@H](CS)NC(=O)[C@H](CO)NC(=O)[C@H](C)NC(=O)[C@H](Cc2c[nH]c3ccccc23)NC(=O)[C@@H]2CCCN2C1=O. The van der Waals surface area contributed by atoms with Crippen LogP contribution in [-0.4, -0.2) is 128 Å². The summed E-state index contributed by atoms with van der Waals surface area (Å²) in [7, 11) is 0. The zero-order chi connectivity index (χ0) is 40.5. The number of aromatic nitrogens is 3. The third-order valence-corrected chi connectivity index (χ3v) is 10.3. The van der Waals surface area contributed by atoms with E-state index in [2.05, 4.69) is 59.5 Å². The van der Waals surface area contributed by atoms with Gasteiger partial charge in [-0.1, -0.05) is 32.0 Å². The highest BCUT2D eigenvalue weighted by Crippen LogP contribution is 2.23. The number of nitrogens with zero attached hydrogens (tertiary/aromatic N) is 2. The highest BCUT2D eigenvalue weighted by molar-refractivity contribution is 7.80. The molecule has 0 unspecified atom stereocenters. The first-order valence-electron chi connectivity index (χ1n) is 18.7. The predicted molar refractivity (Wildman–Crippen MR) is 207 cm³/mol. The number of carbonyl (C=O) groups excluding carboxylic acids is 7. The summed E-state index contributed by atoms with van der Waals surface area (Å²) in [5.74, 6) is -5.35. The molecule has 5 rings (SSSR count). The third kappa shape index (κ3) is 10.2. The van der Waals surface area contributed by atoms with Crippen LogP contribution in [0.25, 0.3) is 10.9 Å². The Kier molecular flexibility index (Phi) is 14.1. The summed E-state index contributed by atoms with van der Waals surface area (Å²) >= 11 is 4.22. The molecule has 7 atom stereocenters. The van der Waals surface area contributed by atoms with Crippen molar-refractivity contribution in [3.05, 3.63) is 54.2 Å². The smallest absolute Gasteiger partial charge is 0.245 e. The van der Waals surface area contributed by atoms with Gasteiger partial charge in [-0.2, -0.15) is 12.6 Å². The minimum atomic E-state index is -1.53. The average Bonchev–Trinajstić information content (AvgIpc) is 3.96. The van der Waals surface area contributed by atoms with Gasteiger partial charge in [0, 0.05) is 54.1 Å². The Morgan fingerprint density at radius 3 is 2.11 bits per heavy atom. The molecule has 19 heteroatoms. The number of nitrogens with one attached hydrogen (secondary N) is 8. The highest BCUT2D eigenvalue weighted by atomic mass is 32.1. The van der Waals surface area contributed by atoms with Gasteiger partial charge in [-0.15, -0.1) is 0 Å². The van der Waals surface area contributed by atoms with E-state index >= 15 is 0 Å². The summed E-state index contributed by atoms with van der Waals surface area (Å²) in [4.78, 5) is 108. The minimum absolute atomic E-state index is 0.0220. The van der Waals surface area contributed by atoms with Crippen molar-refractivity contribution in [1.82, 2.24) is 51.8 Å². The molecule has 4 heterocycles. The fraction of sp³-hybridized carbons (Fsp3) is 0.514. The number of H-pyrrole nitrogens is 2. The monoisotopic (exact) mass is 794 g/mol. The van der Waals surface area contributed by atoms with Gasteiger partial charge < -0.3 is 51.9 Å². The number of rotatable bonds is 8. The van der Waals surface area contributed by atoms with E-state index in [0.717, 1.165) is 10.9 Å². The fourth-order valence-electron chi connectivity index (χ4n) is 6.90. The molecule has 9 N–H and O–H groups in total. The van der Waals surface area contributed by atoms with E-state index in [0.29, 0.717) is 24.1 Å². The van der Waals surface area contributed by atoms with Gasteiger partial charge in [0.1, 0.15) is 42.3 Å². The first-order chi connectivity index (χ1) is 26.8. The van der Waals surface area contributed by atoms with Gasteiger partial charge in [0.2, 0.25) is 41.4 Å². The predicted octanol–water partition coefficient (Wildman–Crippen LogP) is -1.42. The summed E-state index contributed by atoms with van der Waals surface area (Å²) in [5, 5.41) is 26.6. The van der Waals surface area contributed by atoms with Gasteiger partial charge in [0.25, 0.3) is 0 Å². The van der Waals surface area contributed by atoms with Crippen molar-refractivity contribution in [2.75, 3.05) is 18.9 Å². The lowest BCUT2D eigenvalue weighted by Crippen LogP contribution is -2.60. The van der Waals surface area contributed by atoms with Crippen LogP contribution in [0.1, 0.15) is 51.3 Å². The molecule has 2 aromatic heterocycles. The Labute approximate surface area is 328 Å². The molecule has 2 saturated heterocycles. The first-order valence-corrected chi connectivity index (χ1v) is 19.3. The normalized spacial score (nSPS) is 26.4. The van der Waals surface area contributed by atoms with Crippen molar-refractivity contribution in [2.24, 2.45) is 5.92 Å². The molecule has 56 heavy (non-hydrogen) atoms. The van der Waals surface area contributed by atoms with Crippen LogP contribution in [-0.2, 0) is 46.4 Å². The molecule has 2 aliphatic rings. The number of amides is 7. The fourth-order valence-corrected chi connectivity index (χ4v) is 7.16. The van der Waals surface area contributed by atoms with Crippen LogP contribution < -0.4 is 31.9 Å². The Bertz CT molecular complexity index is 1900. The molecule has 0 spiro atoms. The van der Waals surface area contributed by atoms with Crippen molar-refractivity contribution in [3.63, 3.8) is 0 Å². The summed E-state index contributed by atoms with van der Waals surface area (Å²) in [6.45, 7) is 4.50. The zero-order valence-electron chi connectivity index (χ0n) is 31.5. The van der Waals surface area contributed by atoms with E-state index in [-0.39, 0.29) is 37.5 Å². The lowest BCUT2D eigenvalue weighted by atomic mass is 10.0. The van der Waals surface area contributed by atoms with Gasteiger partial charge >= 0.3 is 0 Å². The van der Waals surface area contributed by atoms with E-state index in [1.165, 1.54) is 24.3 Å². The van der Waals surface area contributed by atoms with Gasteiger partial charge in [0.05, 0.1) is 12.9 Å². The molecule has 3 aromatic rings. The number of aliphatic hydroxyl groups is 1. The van der Waals surface area contributed by atoms with Crippen LogP contribution in [0.4, 0.5) is 0 Å². The Morgan fingerprint density at radius 2 is 1.41 bits per heavy atom. The molecule has 0 bridgehead atoms. The third-order valence-electron chi connectivity index (χ3n) is 9.89.